The van der Waals surface area contributed by atoms with Crippen LogP contribution in [0.1, 0.15) is 41.8 Å². The molecule has 4 rings (SSSR count). The van der Waals surface area contributed by atoms with Gasteiger partial charge in [0.25, 0.3) is 11.5 Å². The third-order valence-corrected chi connectivity index (χ3v) is 6.59. The predicted molar refractivity (Wildman–Crippen MR) is 130 cm³/mol. The van der Waals surface area contributed by atoms with Gasteiger partial charge >= 0.3 is 0 Å². The highest BCUT2D eigenvalue weighted by Gasteiger charge is 2.33. The highest BCUT2D eigenvalue weighted by molar-refractivity contribution is 7.99. The molecule has 3 aromatic rings. The highest BCUT2D eigenvalue weighted by atomic mass is 32.2. The molecule has 1 aliphatic heterocycles. The summed E-state index contributed by atoms with van der Waals surface area (Å²) < 4.78 is 18.7. The molecule has 0 unspecified atom stereocenters. The predicted octanol–water partition coefficient (Wildman–Crippen LogP) is 4.26. The summed E-state index contributed by atoms with van der Waals surface area (Å²) in [5.74, 6) is 0.202. The first-order valence-electron chi connectivity index (χ1n) is 10.9. The molecule has 1 atom stereocenters. The summed E-state index contributed by atoms with van der Waals surface area (Å²) >= 11 is 1.16. The van der Waals surface area contributed by atoms with Crippen molar-refractivity contribution >= 4 is 23.4 Å². The maximum absolute atomic E-state index is 13.5. The van der Waals surface area contributed by atoms with Crippen LogP contribution in [0.2, 0.25) is 0 Å². The van der Waals surface area contributed by atoms with Gasteiger partial charge in [-0.3, -0.25) is 9.59 Å². The fourth-order valence-electron chi connectivity index (χ4n) is 3.91. The van der Waals surface area contributed by atoms with E-state index in [2.05, 4.69) is 15.1 Å². The molecule has 2 aromatic carbocycles. The lowest BCUT2D eigenvalue weighted by molar-refractivity contribution is -0.130. The van der Waals surface area contributed by atoms with Gasteiger partial charge in [-0.25, -0.2) is 14.4 Å². The van der Waals surface area contributed by atoms with Crippen LogP contribution in [0.15, 0.2) is 63.6 Å². The number of methoxy groups -OCH3 is 1. The largest absolute Gasteiger partial charge is 0.497 e. The van der Waals surface area contributed by atoms with Gasteiger partial charge in [0.1, 0.15) is 11.6 Å². The second-order valence-corrected chi connectivity index (χ2v) is 8.83. The van der Waals surface area contributed by atoms with Crippen LogP contribution < -0.4 is 10.3 Å². The van der Waals surface area contributed by atoms with Crippen molar-refractivity contribution in [2.45, 2.75) is 37.9 Å². The molecule has 1 amide bonds. The van der Waals surface area contributed by atoms with Gasteiger partial charge in [-0.2, -0.15) is 5.10 Å². The molecule has 1 aromatic heterocycles. The number of nitrogens with one attached hydrogen (secondary N) is 1. The normalized spacial score (nSPS) is 15.4. The van der Waals surface area contributed by atoms with E-state index in [1.165, 1.54) is 17.1 Å². The maximum atomic E-state index is 13.5. The third kappa shape index (κ3) is 5.04. The highest BCUT2D eigenvalue weighted by Crippen LogP contribution is 2.34. The van der Waals surface area contributed by atoms with Crippen LogP contribution in [0.3, 0.4) is 0 Å². The second kappa shape index (κ2) is 10.2. The Labute approximate surface area is 201 Å². The summed E-state index contributed by atoms with van der Waals surface area (Å²) in [4.78, 5) is 32.6. The molecular weight excluding hydrogens is 455 g/mol. The van der Waals surface area contributed by atoms with Crippen LogP contribution in [-0.2, 0) is 11.2 Å². The summed E-state index contributed by atoms with van der Waals surface area (Å²) in [6, 6.07) is 13.2. The lowest BCUT2D eigenvalue weighted by Gasteiger charge is -2.22. The standard InChI is InChI=1S/C25H25FN4O3S/c1-4-20-15(2)27-25(28-24(20)32)34-14-23(31)30-22(17-5-9-18(26)10-6-17)13-21(29-30)16-7-11-19(33-3)12-8-16/h5-12,22H,4,13-14H2,1-3H3,(H,27,28,32)/t22-/m1/s1. The Kier molecular flexibility index (Phi) is 7.12. The fourth-order valence-corrected chi connectivity index (χ4v) is 4.67. The van der Waals surface area contributed by atoms with E-state index >= 15 is 0 Å². The van der Waals surface area contributed by atoms with Crippen molar-refractivity contribution in [3.8, 4) is 5.75 Å². The van der Waals surface area contributed by atoms with Gasteiger partial charge in [0.15, 0.2) is 5.16 Å². The number of H-pyrrole nitrogens is 1. The molecule has 7 nitrogen and oxygen atoms in total. The number of hydrogen-bond acceptors (Lipinski definition) is 6. The Morgan fingerprint density at radius 3 is 2.53 bits per heavy atom. The van der Waals surface area contributed by atoms with E-state index in [0.29, 0.717) is 29.3 Å². The minimum Gasteiger partial charge on any atom is -0.497 e. The topological polar surface area (TPSA) is 87.7 Å². The smallest absolute Gasteiger partial charge is 0.254 e. The molecule has 0 radical (unpaired) electrons. The monoisotopic (exact) mass is 480 g/mol. The first kappa shape index (κ1) is 23.7. The van der Waals surface area contributed by atoms with Gasteiger partial charge in [-0.15, -0.1) is 0 Å². The lowest BCUT2D eigenvalue weighted by atomic mass is 9.98. The van der Waals surface area contributed by atoms with E-state index in [0.717, 1.165) is 34.3 Å². The zero-order valence-corrected chi connectivity index (χ0v) is 20.0. The molecule has 0 spiro atoms. The van der Waals surface area contributed by atoms with E-state index in [4.69, 9.17) is 4.74 Å². The van der Waals surface area contributed by atoms with Gasteiger partial charge in [0.2, 0.25) is 0 Å². The van der Waals surface area contributed by atoms with Crippen molar-refractivity contribution in [1.82, 2.24) is 15.0 Å². The second-order valence-electron chi connectivity index (χ2n) is 7.86. The van der Waals surface area contributed by atoms with Crippen LogP contribution >= 0.6 is 11.8 Å². The van der Waals surface area contributed by atoms with Gasteiger partial charge in [-0.1, -0.05) is 30.8 Å². The number of aryl methyl sites for hydroxylation is 1. The number of carbonyl (C=O) groups excluding carboxylic acids is 1. The van der Waals surface area contributed by atoms with Crippen molar-refractivity contribution < 1.29 is 13.9 Å². The number of carbonyl (C=O) groups is 1. The maximum Gasteiger partial charge on any atom is 0.254 e. The molecule has 0 fully saturated rings. The van der Waals surface area contributed by atoms with E-state index in [1.54, 1.807) is 26.2 Å². The molecular formula is C25H25FN4O3S. The number of amides is 1. The number of hydrazone groups is 1. The van der Waals surface area contributed by atoms with Gasteiger partial charge < -0.3 is 9.72 Å². The summed E-state index contributed by atoms with van der Waals surface area (Å²) in [6.07, 6.45) is 1.09. The molecule has 1 aliphatic rings. The minimum atomic E-state index is -0.359. The number of halogens is 1. The quantitative estimate of drug-likeness (QED) is 0.403. The Balaban J connectivity index is 1.58. The van der Waals surface area contributed by atoms with Crippen molar-refractivity contribution in [2.24, 2.45) is 5.10 Å². The van der Waals surface area contributed by atoms with Crippen LogP contribution in [0.25, 0.3) is 0 Å². The molecule has 34 heavy (non-hydrogen) atoms. The molecule has 2 heterocycles. The van der Waals surface area contributed by atoms with Gasteiger partial charge in [0, 0.05) is 17.7 Å². The first-order chi connectivity index (χ1) is 16.4. The minimum absolute atomic E-state index is 0.0466. The SMILES string of the molecule is CCc1c(C)nc(SCC(=O)N2N=C(c3ccc(OC)cc3)C[C@@H]2c2ccc(F)cc2)[nH]c1=O. The number of aromatic nitrogens is 2. The van der Waals surface area contributed by atoms with Crippen LogP contribution in [0.5, 0.6) is 5.75 Å². The fraction of sp³-hybridized carbons (Fsp3) is 0.280. The molecule has 0 aliphatic carbocycles. The van der Waals surface area contributed by atoms with E-state index < -0.39 is 0 Å². The number of ether oxygens (including phenoxy) is 1. The van der Waals surface area contributed by atoms with Crippen molar-refractivity contribution in [3.63, 3.8) is 0 Å². The zero-order valence-electron chi connectivity index (χ0n) is 19.2. The zero-order chi connectivity index (χ0) is 24.2. The number of benzene rings is 2. The number of rotatable bonds is 7. The number of aromatic amines is 1. The van der Waals surface area contributed by atoms with Crippen LogP contribution in [0, 0.1) is 12.7 Å². The van der Waals surface area contributed by atoms with Crippen LogP contribution in [-0.4, -0.2) is 39.5 Å². The molecule has 1 N–H and O–H groups in total. The first-order valence-corrected chi connectivity index (χ1v) is 11.9. The molecule has 9 heteroatoms. The van der Waals surface area contributed by atoms with E-state index in [9.17, 15) is 14.0 Å². The average molecular weight is 481 g/mol. The Morgan fingerprint density at radius 2 is 1.91 bits per heavy atom. The van der Waals surface area contributed by atoms with Crippen molar-refractivity contribution in [3.05, 3.63) is 87.1 Å². The average Bonchev–Trinajstić information content (AvgIpc) is 3.28. The molecule has 0 saturated heterocycles. The van der Waals surface area contributed by atoms with Crippen molar-refractivity contribution in [1.29, 1.82) is 0 Å². The lowest BCUT2D eigenvalue weighted by Crippen LogP contribution is -2.29. The van der Waals surface area contributed by atoms with Crippen LogP contribution in [0.4, 0.5) is 4.39 Å². The Hall–Kier alpha value is -3.46. The number of nitrogens with zero attached hydrogens (tertiary/aromatic N) is 3. The summed E-state index contributed by atoms with van der Waals surface area (Å²) in [6.45, 7) is 3.69. The number of hydrogen-bond donors (Lipinski definition) is 1. The van der Waals surface area contributed by atoms with Gasteiger partial charge in [0.05, 0.1) is 24.6 Å². The van der Waals surface area contributed by atoms with Crippen molar-refractivity contribution in [2.75, 3.05) is 12.9 Å². The number of thioether (sulfide) groups is 1. The third-order valence-electron chi connectivity index (χ3n) is 5.73. The van der Waals surface area contributed by atoms with E-state index in [1.807, 2.05) is 31.2 Å². The molecule has 0 saturated carbocycles. The van der Waals surface area contributed by atoms with Gasteiger partial charge in [-0.05, 0) is 60.9 Å². The Bertz CT molecular complexity index is 1270. The molecule has 176 valence electrons. The summed E-state index contributed by atoms with van der Waals surface area (Å²) in [5.41, 5.74) is 3.54. The summed E-state index contributed by atoms with van der Waals surface area (Å²) in [5, 5.41) is 6.47. The van der Waals surface area contributed by atoms with E-state index in [-0.39, 0.29) is 29.1 Å². The summed E-state index contributed by atoms with van der Waals surface area (Å²) in [7, 11) is 1.60. The molecule has 0 bridgehead atoms. The Morgan fingerprint density at radius 1 is 1.21 bits per heavy atom.